The Morgan fingerprint density at radius 1 is 0.963 bits per heavy atom. The summed E-state index contributed by atoms with van der Waals surface area (Å²) in [5.41, 5.74) is 5.26. The van der Waals surface area contributed by atoms with E-state index in [2.05, 4.69) is 16.1 Å². The van der Waals surface area contributed by atoms with Crippen LogP contribution < -0.4 is 10.0 Å². The molecule has 0 spiro atoms. The first kappa shape index (κ1) is 18.2. The summed E-state index contributed by atoms with van der Waals surface area (Å²) in [5.74, 6) is 0. The van der Waals surface area contributed by atoms with Crippen molar-refractivity contribution in [2.75, 3.05) is 5.32 Å². The van der Waals surface area contributed by atoms with E-state index >= 15 is 0 Å². The van der Waals surface area contributed by atoms with Crippen LogP contribution in [0.3, 0.4) is 0 Å². The number of aryl methyl sites for hydroxylation is 2. The number of carbonyl (C=O) groups is 1. The number of rotatable bonds is 3. The van der Waals surface area contributed by atoms with Crippen LogP contribution in [-0.4, -0.2) is 6.03 Å². The summed E-state index contributed by atoms with van der Waals surface area (Å²) in [7, 11) is 0. The van der Waals surface area contributed by atoms with Crippen LogP contribution in [0.4, 0.5) is 23.7 Å². The molecule has 0 atom stereocenters. The first-order valence-corrected chi connectivity index (χ1v) is 9.81. The van der Waals surface area contributed by atoms with E-state index in [0.717, 1.165) is 68.3 Å². The summed E-state index contributed by atoms with van der Waals surface area (Å²) >= 11 is 0.883. The van der Waals surface area contributed by atoms with Crippen LogP contribution in [0.25, 0.3) is 0 Å². The molecule has 0 fully saturated rings. The van der Waals surface area contributed by atoms with Gasteiger partial charge in [0.25, 0.3) is 0 Å². The van der Waals surface area contributed by atoms with Crippen LogP contribution in [0, 0.1) is 0 Å². The highest BCUT2D eigenvalue weighted by atomic mass is 32.2. The smallest absolute Gasteiger partial charge is 0.307 e. The molecule has 3 nitrogen and oxygen atoms in total. The minimum atomic E-state index is -4.40. The van der Waals surface area contributed by atoms with Crippen LogP contribution in [0.15, 0.2) is 35.2 Å². The molecule has 142 valence electrons. The lowest BCUT2D eigenvalue weighted by molar-refractivity contribution is -0.137. The maximum atomic E-state index is 12.8. The van der Waals surface area contributed by atoms with Gasteiger partial charge in [-0.3, -0.25) is 4.72 Å². The van der Waals surface area contributed by atoms with Gasteiger partial charge in [0.2, 0.25) is 0 Å². The number of hydrogen-bond acceptors (Lipinski definition) is 2. The van der Waals surface area contributed by atoms with Crippen LogP contribution in [0.5, 0.6) is 0 Å². The highest BCUT2D eigenvalue weighted by molar-refractivity contribution is 7.98. The minimum absolute atomic E-state index is 0.337. The number of urea groups is 1. The predicted octanol–water partition coefficient (Wildman–Crippen LogP) is 5.51. The van der Waals surface area contributed by atoms with Crippen molar-refractivity contribution in [3.8, 4) is 0 Å². The maximum absolute atomic E-state index is 12.8. The van der Waals surface area contributed by atoms with Crippen molar-refractivity contribution in [1.29, 1.82) is 0 Å². The van der Waals surface area contributed by atoms with E-state index in [4.69, 9.17) is 0 Å². The van der Waals surface area contributed by atoms with Crippen LogP contribution in [-0.2, 0) is 31.9 Å². The second-order valence-electron chi connectivity index (χ2n) is 6.92. The van der Waals surface area contributed by atoms with Gasteiger partial charge in [0, 0.05) is 10.6 Å². The molecule has 0 unspecified atom stereocenters. The molecule has 2 aliphatic carbocycles. The molecule has 4 rings (SSSR count). The van der Waals surface area contributed by atoms with Crippen molar-refractivity contribution in [3.63, 3.8) is 0 Å². The Morgan fingerprint density at radius 3 is 2.26 bits per heavy atom. The van der Waals surface area contributed by atoms with E-state index in [9.17, 15) is 18.0 Å². The number of halogens is 3. The van der Waals surface area contributed by atoms with Crippen molar-refractivity contribution >= 4 is 23.7 Å². The van der Waals surface area contributed by atoms with Crippen LogP contribution in [0.1, 0.15) is 40.7 Å². The molecular weight excluding hydrogens is 373 g/mol. The van der Waals surface area contributed by atoms with E-state index in [1.54, 1.807) is 0 Å². The Labute approximate surface area is 159 Å². The summed E-state index contributed by atoms with van der Waals surface area (Å²) in [5, 5.41) is 2.96. The average Bonchev–Trinajstić information content (AvgIpc) is 3.28. The molecule has 2 aromatic rings. The summed E-state index contributed by atoms with van der Waals surface area (Å²) in [6.07, 6.45) is 1.78. The Balaban J connectivity index is 1.47. The van der Waals surface area contributed by atoms with Crippen molar-refractivity contribution in [3.05, 3.63) is 58.1 Å². The normalized spacial score (nSPS) is 15.4. The van der Waals surface area contributed by atoms with Crippen LogP contribution >= 0.6 is 11.9 Å². The van der Waals surface area contributed by atoms with E-state index in [0.29, 0.717) is 4.90 Å². The Bertz CT molecular complexity index is 863. The summed E-state index contributed by atoms with van der Waals surface area (Å²) in [6.45, 7) is 0. The molecule has 2 aromatic carbocycles. The molecule has 27 heavy (non-hydrogen) atoms. The molecule has 7 heteroatoms. The van der Waals surface area contributed by atoms with Gasteiger partial charge in [0.1, 0.15) is 0 Å². The quantitative estimate of drug-likeness (QED) is 0.676. The topological polar surface area (TPSA) is 41.1 Å². The number of carbonyl (C=O) groups excluding carboxylic acids is 1. The molecule has 0 saturated carbocycles. The molecule has 0 radical (unpaired) electrons. The number of benzene rings is 2. The standard InChI is InChI=1S/C20H19F3N2OS/c21-20(22,23)14-6-3-7-15(11-14)27-25-19(26)24-18-16-8-1-4-12(16)10-13-5-2-9-17(13)18/h3,6-7,10-11H,1-2,4-5,8-9H2,(H2,24,25,26). The zero-order valence-corrected chi connectivity index (χ0v) is 15.4. The molecule has 0 saturated heterocycles. The molecular formula is C20H19F3N2OS. The number of nitrogens with one attached hydrogen (secondary N) is 2. The third-order valence-electron chi connectivity index (χ3n) is 5.13. The monoisotopic (exact) mass is 392 g/mol. The van der Waals surface area contributed by atoms with Gasteiger partial charge in [0.05, 0.1) is 5.56 Å². The second-order valence-corrected chi connectivity index (χ2v) is 7.80. The Hall–Kier alpha value is -2.15. The third kappa shape index (κ3) is 3.78. The van der Waals surface area contributed by atoms with Gasteiger partial charge in [-0.2, -0.15) is 13.2 Å². The van der Waals surface area contributed by atoms with E-state index in [1.807, 2.05) is 0 Å². The Morgan fingerprint density at radius 2 is 1.63 bits per heavy atom. The first-order valence-electron chi connectivity index (χ1n) is 8.99. The maximum Gasteiger partial charge on any atom is 0.416 e. The molecule has 2 aliphatic rings. The first-order chi connectivity index (χ1) is 12.9. The van der Waals surface area contributed by atoms with E-state index in [1.165, 1.54) is 34.4 Å². The fraction of sp³-hybridized carbons (Fsp3) is 0.350. The largest absolute Gasteiger partial charge is 0.416 e. The number of fused-ring (bicyclic) bond motifs is 2. The number of alkyl halides is 3. The van der Waals surface area contributed by atoms with Crippen molar-refractivity contribution in [2.45, 2.75) is 49.6 Å². The fourth-order valence-corrected chi connectivity index (χ4v) is 4.54. The fourth-order valence-electron chi connectivity index (χ4n) is 3.95. The number of amides is 2. The van der Waals surface area contributed by atoms with E-state index in [-0.39, 0.29) is 0 Å². The number of hydrogen-bond donors (Lipinski definition) is 2. The zero-order chi connectivity index (χ0) is 19.0. The van der Waals surface area contributed by atoms with Gasteiger partial charge >= 0.3 is 12.2 Å². The van der Waals surface area contributed by atoms with Gasteiger partial charge in [-0.15, -0.1) is 0 Å². The van der Waals surface area contributed by atoms with Gasteiger partial charge in [-0.05, 0) is 90.9 Å². The lowest BCUT2D eigenvalue weighted by Crippen LogP contribution is -2.24. The number of anilines is 1. The second kappa shape index (κ2) is 7.11. The van der Waals surface area contributed by atoms with Gasteiger partial charge in [-0.25, -0.2) is 4.79 Å². The highest BCUT2D eigenvalue weighted by Crippen LogP contribution is 2.38. The molecule has 2 amide bonds. The Kier molecular flexibility index (Phi) is 4.80. The van der Waals surface area contributed by atoms with E-state index < -0.39 is 17.8 Å². The highest BCUT2D eigenvalue weighted by Gasteiger charge is 2.30. The SMILES string of the molecule is O=C(NSc1cccc(C(F)(F)F)c1)Nc1c2c(cc3c1CCC3)CCC2. The molecule has 0 bridgehead atoms. The minimum Gasteiger partial charge on any atom is -0.307 e. The zero-order valence-electron chi connectivity index (χ0n) is 14.6. The molecule has 0 heterocycles. The lowest BCUT2D eigenvalue weighted by atomic mass is 9.99. The summed E-state index contributed by atoms with van der Waals surface area (Å²) in [6, 6.07) is 6.79. The third-order valence-corrected chi connectivity index (χ3v) is 5.91. The summed E-state index contributed by atoms with van der Waals surface area (Å²) < 4.78 is 41.0. The van der Waals surface area contributed by atoms with Crippen LogP contribution in [0.2, 0.25) is 0 Å². The van der Waals surface area contributed by atoms with Crippen molar-refractivity contribution < 1.29 is 18.0 Å². The van der Waals surface area contributed by atoms with Crippen molar-refractivity contribution in [1.82, 2.24) is 4.72 Å². The average molecular weight is 392 g/mol. The lowest BCUT2D eigenvalue weighted by Gasteiger charge is -2.16. The van der Waals surface area contributed by atoms with Gasteiger partial charge in [-0.1, -0.05) is 12.1 Å². The van der Waals surface area contributed by atoms with Gasteiger partial charge < -0.3 is 5.32 Å². The predicted molar refractivity (Wildman–Crippen MR) is 99.9 cm³/mol. The molecule has 2 N–H and O–H groups in total. The van der Waals surface area contributed by atoms with Crippen molar-refractivity contribution in [2.24, 2.45) is 0 Å². The molecule has 0 aromatic heterocycles. The van der Waals surface area contributed by atoms with Gasteiger partial charge in [0.15, 0.2) is 0 Å². The summed E-state index contributed by atoms with van der Waals surface area (Å²) in [4.78, 5) is 12.7. The molecule has 0 aliphatic heterocycles.